The van der Waals surface area contributed by atoms with E-state index in [1.807, 2.05) is 6.92 Å². The van der Waals surface area contributed by atoms with Gasteiger partial charge in [0.25, 0.3) is 5.91 Å². The van der Waals surface area contributed by atoms with Gasteiger partial charge in [-0.2, -0.15) is 0 Å². The number of aliphatic hydroxyl groups is 1. The van der Waals surface area contributed by atoms with E-state index in [0.29, 0.717) is 18.0 Å². The van der Waals surface area contributed by atoms with Gasteiger partial charge in [0, 0.05) is 13.1 Å². The molecule has 6 heteroatoms. The zero-order chi connectivity index (χ0) is 10.8. The summed E-state index contributed by atoms with van der Waals surface area (Å²) in [4.78, 5) is 14.1. The third-order valence-corrected chi connectivity index (χ3v) is 3.14. The summed E-state index contributed by atoms with van der Waals surface area (Å²) >= 11 is 1.14. The lowest BCUT2D eigenvalue weighted by atomic mass is 10.1. The fraction of sp³-hybridized carbons (Fsp3) is 0.667. The molecule has 0 bridgehead atoms. The van der Waals surface area contributed by atoms with E-state index in [-0.39, 0.29) is 12.0 Å². The topological polar surface area (TPSA) is 66.3 Å². The minimum atomic E-state index is -0.357. The van der Waals surface area contributed by atoms with Crippen LogP contribution in [-0.4, -0.2) is 44.7 Å². The van der Waals surface area contributed by atoms with E-state index in [1.165, 1.54) is 0 Å². The number of aliphatic hydroxyl groups excluding tert-OH is 1. The van der Waals surface area contributed by atoms with Crippen LogP contribution in [0.4, 0.5) is 0 Å². The monoisotopic (exact) mass is 227 g/mol. The zero-order valence-corrected chi connectivity index (χ0v) is 9.33. The summed E-state index contributed by atoms with van der Waals surface area (Å²) < 4.78 is 3.80. The molecule has 82 valence electrons. The maximum Gasteiger partial charge on any atom is 0.267 e. The van der Waals surface area contributed by atoms with E-state index < -0.39 is 0 Å². The summed E-state index contributed by atoms with van der Waals surface area (Å²) in [6.07, 6.45) is 1.38. The Bertz CT molecular complexity index is 360. The number of hydrogen-bond acceptors (Lipinski definition) is 5. The van der Waals surface area contributed by atoms with Crippen molar-refractivity contribution >= 4 is 17.4 Å². The summed E-state index contributed by atoms with van der Waals surface area (Å²) in [5, 5.41) is 13.1. The molecule has 2 rings (SSSR count). The average molecular weight is 227 g/mol. The van der Waals surface area contributed by atoms with E-state index in [2.05, 4.69) is 9.59 Å². The van der Waals surface area contributed by atoms with Gasteiger partial charge in [0.15, 0.2) is 0 Å². The van der Waals surface area contributed by atoms with Crippen molar-refractivity contribution in [3.8, 4) is 0 Å². The molecule has 0 aliphatic carbocycles. The van der Waals surface area contributed by atoms with Gasteiger partial charge in [0.05, 0.1) is 11.8 Å². The number of nitrogens with zero attached hydrogens (tertiary/aromatic N) is 3. The van der Waals surface area contributed by atoms with Crippen molar-refractivity contribution in [2.45, 2.75) is 25.9 Å². The van der Waals surface area contributed by atoms with Crippen LogP contribution in [0.25, 0.3) is 0 Å². The summed E-state index contributed by atoms with van der Waals surface area (Å²) in [5.41, 5.74) is 0.786. The third-order valence-electron chi connectivity index (χ3n) is 2.39. The van der Waals surface area contributed by atoms with Crippen LogP contribution in [0.2, 0.25) is 0 Å². The fourth-order valence-corrected chi connectivity index (χ4v) is 2.21. The highest BCUT2D eigenvalue weighted by atomic mass is 32.1. The number of β-amino-alcohol motifs (C(OH)–C–C–N with tert-alkyl or cyclic N) is 1. The Hall–Kier alpha value is -1.01. The number of carbonyl (C=O) groups is 1. The number of amides is 1. The van der Waals surface area contributed by atoms with E-state index in [0.717, 1.165) is 30.1 Å². The minimum absolute atomic E-state index is 0.0428. The van der Waals surface area contributed by atoms with E-state index >= 15 is 0 Å². The second-order valence-corrected chi connectivity index (χ2v) is 4.42. The Morgan fingerprint density at radius 3 is 3.00 bits per heavy atom. The Morgan fingerprint density at radius 2 is 2.40 bits per heavy atom. The molecule has 0 radical (unpaired) electrons. The van der Waals surface area contributed by atoms with Crippen LogP contribution < -0.4 is 0 Å². The van der Waals surface area contributed by atoms with Crippen molar-refractivity contribution in [3.05, 3.63) is 10.6 Å². The summed E-state index contributed by atoms with van der Waals surface area (Å²) in [7, 11) is 0. The highest BCUT2D eigenvalue weighted by molar-refractivity contribution is 7.08. The van der Waals surface area contributed by atoms with Gasteiger partial charge in [-0.3, -0.25) is 4.79 Å². The lowest BCUT2D eigenvalue weighted by Gasteiger charge is -2.35. The highest BCUT2D eigenvalue weighted by Gasteiger charge is 2.31. The predicted molar refractivity (Wildman–Crippen MR) is 55.8 cm³/mol. The molecule has 0 spiro atoms. The predicted octanol–water partition coefficient (Wildman–Crippen LogP) is 0.307. The molecule has 1 aliphatic heterocycles. The van der Waals surface area contributed by atoms with Gasteiger partial charge in [-0.25, -0.2) is 0 Å². The van der Waals surface area contributed by atoms with Crippen LogP contribution in [0.1, 0.15) is 28.7 Å². The number of aryl methyl sites for hydroxylation is 1. The van der Waals surface area contributed by atoms with Crippen LogP contribution in [0.15, 0.2) is 0 Å². The lowest BCUT2D eigenvalue weighted by molar-refractivity contribution is 0.00613. The second-order valence-electron chi connectivity index (χ2n) is 3.66. The van der Waals surface area contributed by atoms with Crippen LogP contribution in [0, 0.1) is 0 Å². The molecule has 15 heavy (non-hydrogen) atoms. The maximum atomic E-state index is 11.9. The Morgan fingerprint density at radius 1 is 1.67 bits per heavy atom. The molecule has 1 N–H and O–H groups in total. The van der Waals surface area contributed by atoms with Crippen LogP contribution in [0.3, 0.4) is 0 Å². The van der Waals surface area contributed by atoms with E-state index in [1.54, 1.807) is 4.90 Å². The molecule has 0 saturated carbocycles. The molecule has 1 amide bonds. The first-order valence-electron chi connectivity index (χ1n) is 5.01. The van der Waals surface area contributed by atoms with Gasteiger partial charge in [0.1, 0.15) is 4.88 Å². The quantitative estimate of drug-likeness (QED) is 0.807. The van der Waals surface area contributed by atoms with Gasteiger partial charge < -0.3 is 10.0 Å². The molecule has 5 nitrogen and oxygen atoms in total. The normalized spacial score (nSPS) is 16.5. The molecular weight excluding hydrogens is 214 g/mol. The number of aromatic nitrogens is 2. The Labute approximate surface area is 91.9 Å². The molecule has 1 aliphatic rings. The Balaban J connectivity index is 2.08. The molecule has 0 unspecified atom stereocenters. The van der Waals surface area contributed by atoms with Crippen molar-refractivity contribution in [1.29, 1.82) is 0 Å². The van der Waals surface area contributed by atoms with Crippen molar-refractivity contribution in [3.63, 3.8) is 0 Å². The largest absolute Gasteiger partial charge is 0.389 e. The van der Waals surface area contributed by atoms with Crippen LogP contribution in [-0.2, 0) is 6.42 Å². The molecule has 0 atom stereocenters. The number of carbonyl (C=O) groups excluding carboxylic acids is 1. The summed E-state index contributed by atoms with van der Waals surface area (Å²) in [6.45, 7) is 2.91. The molecule has 1 saturated heterocycles. The highest BCUT2D eigenvalue weighted by Crippen LogP contribution is 2.19. The first kappa shape index (κ1) is 10.5. The maximum absolute atomic E-state index is 11.9. The summed E-state index contributed by atoms with van der Waals surface area (Å²) in [6, 6.07) is 0. The third kappa shape index (κ3) is 2.00. The van der Waals surface area contributed by atoms with Crippen molar-refractivity contribution in [2.24, 2.45) is 0 Å². The SMILES string of the molecule is CCCc1nnsc1C(=O)N1CC(O)C1. The molecule has 2 heterocycles. The van der Waals surface area contributed by atoms with Gasteiger partial charge in [-0.05, 0) is 18.0 Å². The van der Waals surface area contributed by atoms with Crippen LogP contribution >= 0.6 is 11.5 Å². The second kappa shape index (κ2) is 4.24. The molecule has 1 aromatic heterocycles. The van der Waals surface area contributed by atoms with Gasteiger partial charge in [-0.15, -0.1) is 5.10 Å². The number of rotatable bonds is 3. The Kier molecular flexibility index (Phi) is 2.97. The van der Waals surface area contributed by atoms with Crippen molar-refractivity contribution < 1.29 is 9.90 Å². The molecular formula is C9H13N3O2S. The molecule has 1 fully saturated rings. The van der Waals surface area contributed by atoms with E-state index in [9.17, 15) is 4.79 Å². The standard InChI is InChI=1S/C9H13N3O2S/c1-2-3-7-8(15-11-10-7)9(14)12-4-6(13)5-12/h6,13H,2-5H2,1H3. The van der Waals surface area contributed by atoms with Crippen molar-refractivity contribution in [2.75, 3.05) is 13.1 Å². The zero-order valence-electron chi connectivity index (χ0n) is 8.51. The van der Waals surface area contributed by atoms with Crippen molar-refractivity contribution in [1.82, 2.24) is 14.5 Å². The summed E-state index contributed by atoms with van der Waals surface area (Å²) in [5.74, 6) is -0.0428. The minimum Gasteiger partial charge on any atom is -0.389 e. The molecule has 1 aromatic rings. The van der Waals surface area contributed by atoms with Gasteiger partial charge in [-0.1, -0.05) is 17.8 Å². The lowest BCUT2D eigenvalue weighted by Crippen LogP contribution is -2.53. The first-order valence-corrected chi connectivity index (χ1v) is 5.78. The smallest absolute Gasteiger partial charge is 0.267 e. The first-order chi connectivity index (χ1) is 7.22. The van der Waals surface area contributed by atoms with E-state index in [4.69, 9.17) is 5.11 Å². The van der Waals surface area contributed by atoms with Crippen LogP contribution in [0.5, 0.6) is 0 Å². The average Bonchev–Trinajstić information content (AvgIpc) is 2.61. The fourth-order valence-electron chi connectivity index (χ4n) is 1.54. The number of hydrogen-bond donors (Lipinski definition) is 1. The number of likely N-dealkylation sites (tertiary alicyclic amines) is 1. The molecule has 0 aromatic carbocycles. The van der Waals surface area contributed by atoms with Gasteiger partial charge >= 0.3 is 0 Å². The van der Waals surface area contributed by atoms with Gasteiger partial charge in [0.2, 0.25) is 0 Å².